The number of carbonyl (C=O) groups excluding carboxylic acids is 1. The Balaban J connectivity index is 0.00000428. The first kappa shape index (κ1) is 47.0. The molecule has 1 aliphatic carbocycles. The molecule has 0 saturated carbocycles. The zero-order valence-electron chi connectivity index (χ0n) is 33.6. The number of nitrogens with one attached hydrogen (secondary N) is 1. The highest BCUT2D eigenvalue weighted by molar-refractivity contribution is 7.86. The van der Waals surface area contributed by atoms with Crippen molar-refractivity contribution in [3.63, 3.8) is 0 Å². The maximum Gasteiger partial charge on any atom is 0.303 e. The molecule has 0 fully saturated rings. The first-order chi connectivity index (χ1) is 27.1. The third-order valence-electron chi connectivity index (χ3n) is 9.77. The van der Waals surface area contributed by atoms with Crippen molar-refractivity contribution < 1.29 is 49.8 Å². The molecule has 2 heterocycles. The van der Waals surface area contributed by atoms with Gasteiger partial charge in [-0.15, -0.1) is 0 Å². The van der Waals surface area contributed by atoms with E-state index >= 15 is 0 Å². The van der Waals surface area contributed by atoms with Gasteiger partial charge in [-0.1, -0.05) is 32.4 Å². The van der Waals surface area contributed by atoms with Gasteiger partial charge in [-0.25, -0.2) is 4.58 Å². The van der Waals surface area contributed by atoms with E-state index in [2.05, 4.69) is 10.2 Å². The van der Waals surface area contributed by atoms with Crippen LogP contribution in [0.5, 0.6) is 0 Å². The molecule has 1 aromatic carbocycles. The van der Waals surface area contributed by atoms with Crippen molar-refractivity contribution >= 4 is 43.9 Å². The van der Waals surface area contributed by atoms with Crippen molar-refractivity contribution in [3.05, 3.63) is 88.6 Å². The smallest absolute Gasteiger partial charge is 0.303 e. The van der Waals surface area contributed by atoms with Crippen LogP contribution in [0.2, 0.25) is 0 Å². The van der Waals surface area contributed by atoms with E-state index in [9.17, 15) is 31.0 Å². The average molecular weight is 833 g/mol. The Morgan fingerprint density at radius 2 is 1.68 bits per heavy atom. The first-order valence-corrected chi connectivity index (χ1v) is 22.6. The molecule has 1 atom stereocenters. The van der Waals surface area contributed by atoms with Gasteiger partial charge in [0.15, 0.2) is 0 Å². The standard InChI is InChI=1S/C39H51N3O11S2.C2H6/c1-4-41(21-10-26-55(49,50)51)31-15-16-32-29(18-23-53-35(32)28-31)11-8-12-36-39(2,19-9-25-54(46,47)48)33-27-30(38(45)40-20-24-52-3)14-17-34(33)42(36)22-7-5-6-13-37(43)44;1-2/h8,11-12,14-18,23,27-28H,4-7,9-10,13,19-22,24-26H2,1-3H3,(H3-,40,43,44,45,46,47,48,49,50,51);1-2H3/p+1. The van der Waals surface area contributed by atoms with Crippen molar-refractivity contribution in [3.8, 4) is 11.3 Å². The fraction of sp³-hybridized carbons (Fsp3) is 0.488. The number of allylic oxidation sites excluding steroid dienone is 3. The van der Waals surface area contributed by atoms with Crippen molar-refractivity contribution in [2.24, 2.45) is 0 Å². The van der Waals surface area contributed by atoms with Gasteiger partial charge in [-0.2, -0.15) is 16.8 Å². The molecule has 57 heavy (non-hydrogen) atoms. The van der Waals surface area contributed by atoms with E-state index in [1.807, 2.05) is 86.9 Å². The van der Waals surface area contributed by atoms with Gasteiger partial charge >= 0.3 is 5.97 Å². The Morgan fingerprint density at radius 3 is 2.35 bits per heavy atom. The highest BCUT2D eigenvalue weighted by Crippen LogP contribution is 2.51. The Morgan fingerprint density at radius 1 is 0.965 bits per heavy atom. The van der Waals surface area contributed by atoms with Crippen LogP contribution < -0.4 is 20.1 Å². The molecule has 0 bridgehead atoms. The van der Waals surface area contributed by atoms with E-state index < -0.39 is 37.4 Å². The summed E-state index contributed by atoms with van der Waals surface area (Å²) >= 11 is 0. The summed E-state index contributed by atoms with van der Waals surface area (Å²) in [6.07, 6.45) is 10.1. The lowest BCUT2D eigenvalue weighted by Gasteiger charge is -2.30. The minimum atomic E-state index is -4.22. The molecule has 3 aliphatic rings. The third-order valence-corrected chi connectivity index (χ3v) is 11.4. The topological polar surface area (TPSA) is 204 Å². The van der Waals surface area contributed by atoms with Crippen LogP contribution >= 0.6 is 0 Å². The summed E-state index contributed by atoms with van der Waals surface area (Å²) in [7, 11) is -6.73. The fourth-order valence-corrected chi connectivity index (χ4v) is 8.01. The quantitative estimate of drug-likeness (QED) is 0.0568. The van der Waals surface area contributed by atoms with Gasteiger partial charge in [-0.3, -0.25) is 18.7 Å². The number of aliphatic carboxylic acids is 1. The predicted molar refractivity (Wildman–Crippen MR) is 223 cm³/mol. The first-order valence-electron chi connectivity index (χ1n) is 19.4. The number of rotatable bonds is 21. The molecule has 14 nitrogen and oxygen atoms in total. The zero-order valence-corrected chi connectivity index (χ0v) is 35.2. The van der Waals surface area contributed by atoms with Crippen molar-refractivity contribution in [1.29, 1.82) is 0 Å². The van der Waals surface area contributed by atoms with E-state index in [1.165, 1.54) is 0 Å². The average Bonchev–Trinajstić information content (AvgIpc) is 3.38. The molecular formula is C41H58N3O11S2+. The maximum absolute atomic E-state index is 13.1. The van der Waals surface area contributed by atoms with E-state index in [1.54, 1.807) is 19.4 Å². The number of methoxy groups -OCH3 is 1. The summed E-state index contributed by atoms with van der Waals surface area (Å²) in [6.45, 7) is 10.2. The van der Waals surface area contributed by atoms with Crippen LogP contribution in [0.4, 0.5) is 5.69 Å². The third kappa shape index (κ3) is 13.9. The molecule has 1 amide bonds. The normalized spacial score (nSPS) is 16.8. The molecule has 16 heteroatoms. The lowest BCUT2D eigenvalue weighted by atomic mass is 9.77. The molecule has 0 spiro atoms. The summed E-state index contributed by atoms with van der Waals surface area (Å²) in [6, 6.07) is 13.0. The summed E-state index contributed by atoms with van der Waals surface area (Å²) in [5, 5.41) is 12.8. The number of amides is 1. The number of hydrogen-bond donors (Lipinski definition) is 4. The molecule has 2 aliphatic heterocycles. The fourth-order valence-electron chi connectivity index (χ4n) is 7.01. The van der Waals surface area contributed by atoms with Gasteiger partial charge < -0.3 is 24.5 Å². The number of hydrogen-bond acceptors (Lipinski definition) is 9. The number of carboxylic acid groups (broad SMARTS) is 1. The van der Waals surface area contributed by atoms with Crippen LogP contribution in [-0.4, -0.2) is 94.3 Å². The number of anilines is 1. The molecule has 0 saturated heterocycles. The van der Waals surface area contributed by atoms with Crippen LogP contribution in [0.25, 0.3) is 17.4 Å². The molecule has 0 radical (unpaired) electrons. The van der Waals surface area contributed by atoms with Crippen LogP contribution in [-0.2, 0) is 35.2 Å². The van der Waals surface area contributed by atoms with E-state index in [4.69, 9.17) is 18.8 Å². The highest BCUT2D eigenvalue weighted by Gasteiger charge is 2.43. The van der Waals surface area contributed by atoms with Gasteiger partial charge in [0.25, 0.3) is 26.1 Å². The number of fused-ring (bicyclic) bond motifs is 2. The minimum Gasteiger partial charge on any atom is -0.481 e. The summed E-state index contributed by atoms with van der Waals surface area (Å²) in [5.74, 6) is -1.27. The minimum absolute atomic E-state index is 0.0697. The molecule has 1 aromatic rings. The van der Waals surface area contributed by atoms with E-state index in [0.717, 1.165) is 33.4 Å². The Kier molecular flexibility index (Phi) is 18.1. The van der Waals surface area contributed by atoms with Gasteiger partial charge in [-0.05, 0) is 87.1 Å². The van der Waals surface area contributed by atoms with Crippen molar-refractivity contribution in [2.45, 2.75) is 78.1 Å². The second kappa shape index (κ2) is 22.0. The molecule has 314 valence electrons. The van der Waals surface area contributed by atoms with Gasteiger partial charge in [0.2, 0.25) is 5.36 Å². The summed E-state index contributed by atoms with van der Waals surface area (Å²) in [5.41, 5.74) is 3.91. The maximum atomic E-state index is 13.1. The molecule has 1 unspecified atom stereocenters. The number of unbranched alkanes of at least 4 members (excludes halogenated alkanes) is 2. The van der Waals surface area contributed by atoms with Crippen LogP contribution in [0, 0.1) is 0 Å². The number of nitrogens with zero attached hydrogens (tertiary/aromatic N) is 2. The lowest BCUT2D eigenvalue weighted by Crippen LogP contribution is -2.31. The Bertz CT molecular complexity index is 2140. The van der Waals surface area contributed by atoms with Crippen LogP contribution in [0.1, 0.15) is 94.1 Å². The molecule has 0 aromatic heterocycles. The zero-order chi connectivity index (χ0) is 42.2. The molecule has 4 N–H and O–H groups in total. The second-order valence-electron chi connectivity index (χ2n) is 13.7. The summed E-state index contributed by atoms with van der Waals surface area (Å²) < 4.78 is 77.7. The van der Waals surface area contributed by atoms with Crippen LogP contribution in [0.15, 0.2) is 71.0 Å². The van der Waals surface area contributed by atoms with Gasteiger partial charge in [0.05, 0.1) is 30.4 Å². The van der Waals surface area contributed by atoms with Gasteiger partial charge in [0.1, 0.15) is 18.8 Å². The van der Waals surface area contributed by atoms with E-state index in [0.29, 0.717) is 69.8 Å². The monoisotopic (exact) mass is 832 g/mol. The number of ether oxygens (including phenoxy) is 1. The Hall–Kier alpha value is -4.35. The lowest BCUT2D eigenvalue weighted by molar-refractivity contribution is -0.137. The largest absolute Gasteiger partial charge is 0.481 e. The highest BCUT2D eigenvalue weighted by atomic mass is 32.2. The number of benzene rings is 2. The van der Waals surface area contributed by atoms with E-state index in [-0.39, 0.29) is 30.9 Å². The second-order valence-corrected chi connectivity index (χ2v) is 16.9. The van der Waals surface area contributed by atoms with Crippen molar-refractivity contribution in [1.82, 2.24) is 9.89 Å². The molecule has 4 rings (SSSR count). The van der Waals surface area contributed by atoms with Crippen LogP contribution in [0.3, 0.4) is 0 Å². The van der Waals surface area contributed by atoms with Crippen molar-refractivity contribution in [2.75, 3.05) is 56.3 Å². The molecular weight excluding hydrogens is 775 g/mol. The summed E-state index contributed by atoms with van der Waals surface area (Å²) in [4.78, 5) is 26.4. The Labute approximate surface area is 336 Å². The number of carbonyl (C=O) groups is 2. The predicted octanol–water partition coefficient (Wildman–Crippen LogP) is 5.84. The SMILES string of the molecule is CC.CC[N+](CCCS(=O)(=O)O)=c1ccc2c(/C=C/C=C3/N(CCCCCC(=O)O)c4ccc(C(=O)NCCOC)cc4C3(C)CCCS(=O)(=O)O)ccoc-2c1. The number of carboxylic acids is 1. The van der Waals surface area contributed by atoms with Gasteiger partial charge in [0, 0.05) is 67.0 Å².